The lowest BCUT2D eigenvalue weighted by Crippen LogP contribution is -2.50. The molecule has 0 bridgehead atoms. The maximum absolute atomic E-state index is 11.8. The fourth-order valence-electron chi connectivity index (χ4n) is 7.03. The molecule has 0 radical (unpaired) electrons. The second-order valence-corrected chi connectivity index (χ2v) is 12.2. The molecule has 3 aliphatic carbocycles. The highest BCUT2D eigenvalue weighted by Gasteiger charge is 2.61. The molecule has 5 atom stereocenters. The van der Waals surface area contributed by atoms with Gasteiger partial charge in [-0.2, -0.15) is 0 Å². The van der Waals surface area contributed by atoms with E-state index >= 15 is 0 Å². The fraction of sp³-hybridized carbons (Fsp3) is 0.516. The largest absolute Gasteiger partial charge is 0.508 e. The Morgan fingerprint density at radius 3 is 2.57 bits per heavy atom. The minimum Gasteiger partial charge on any atom is -0.508 e. The molecular formula is C31H38N2O4. The maximum atomic E-state index is 11.8. The summed E-state index contributed by atoms with van der Waals surface area (Å²) in [6, 6.07) is 13.3. The number of hydrogen-bond donors (Lipinski definition) is 4. The minimum atomic E-state index is -1.01. The number of phenolic OH excluding ortho intramolecular Hbond substituents is 1. The van der Waals surface area contributed by atoms with Crippen molar-refractivity contribution in [1.82, 2.24) is 5.43 Å². The van der Waals surface area contributed by atoms with Crippen molar-refractivity contribution in [2.24, 2.45) is 17.3 Å². The van der Waals surface area contributed by atoms with Gasteiger partial charge in [0.25, 0.3) is 0 Å². The van der Waals surface area contributed by atoms with Gasteiger partial charge in [-0.1, -0.05) is 24.8 Å². The molecule has 2 saturated carbocycles. The Balaban J connectivity index is 1.27. The third-order valence-electron chi connectivity index (χ3n) is 8.87. The number of amides is 1. The first-order valence-corrected chi connectivity index (χ1v) is 13.4. The molecule has 0 spiro atoms. The summed E-state index contributed by atoms with van der Waals surface area (Å²) in [6.45, 7) is 7.69. The Bertz CT molecular complexity index is 1240. The van der Waals surface area contributed by atoms with Gasteiger partial charge < -0.3 is 14.9 Å². The summed E-state index contributed by atoms with van der Waals surface area (Å²) in [5.74, 6) is 8.38. The predicted molar refractivity (Wildman–Crippen MR) is 144 cm³/mol. The lowest BCUT2D eigenvalue weighted by Gasteiger charge is -2.52. The van der Waals surface area contributed by atoms with E-state index in [4.69, 9.17) is 4.74 Å². The van der Waals surface area contributed by atoms with Crippen molar-refractivity contribution in [2.45, 2.75) is 83.3 Å². The Hall–Kier alpha value is -3.17. The van der Waals surface area contributed by atoms with E-state index in [1.54, 1.807) is 0 Å². The molecule has 5 rings (SSSR count). The number of hydrazine groups is 1. The molecule has 6 nitrogen and oxygen atoms in total. The molecule has 2 fully saturated rings. The van der Waals surface area contributed by atoms with Crippen molar-refractivity contribution < 1.29 is 19.7 Å². The zero-order chi connectivity index (χ0) is 26.4. The number of anilines is 1. The van der Waals surface area contributed by atoms with Gasteiger partial charge >= 0.3 is 6.09 Å². The molecule has 6 heteroatoms. The van der Waals surface area contributed by atoms with E-state index in [2.05, 4.69) is 35.7 Å². The predicted octanol–water partition coefficient (Wildman–Crippen LogP) is 5.88. The number of aromatic hydroxyl groups is 1. The molecule has 0 saturated heterocycles. The van der Waals surface area contributed by atoms with Gasteiger partial charge in [-0.15, -0.1) is 0 Å². The molecule has 2 aromatic carbocycles. The third kappa shape index (κ3) is 4.90. The number of hydrogen-bond acceptors (Lipinski definition) is 5. The van der Waals surface area contributed by atoms with Crippen molar-refractivity contribution in [1.29, 1.82) is 0 Å². The minimum absolute atomic E-state index is 0.228. The Morgan fingerprint density at radius 1 is 1.08 bits per heavy atom. The number of nitrogens with one attached hydrogen (secondary N) is 2. The first-order chi connectivity index (χ1) is 17.5. The quantitative estimate of drug-likeness (QED) is 0.304. The average molecular weight is 503 g/mol. The summed E-state index contributed by atoms with van der Waals surface area (Å²) < 4.78 is 5.22. The maximum Gasteiger partial charge on any atom is 0.426 e. The number of carbonyl (C=O) groups excluding carboxylic acids is 1. The van der Waals surface area contributed by atoms with Gasteiger partial charge in [0.05, 0.1) is 5.69 Å². The number of phenols is 1. The van der Waals surface area contributed by atoms with E-state index < -0.39 is 17.3 Å². The van der Waals surface area contributed by atoms with Crippen molar-refractivity contribution in [3.8, 4) is 17.6 Å². The molecule has 0 aliphatic heterocycles. The van der Waals surface area contributed by atoms with Crippen molar-refractivity contribution >= 4 is 11.8 Å². The summed E-state index contributed by atoms with van der Waals surface area (Å²) >= 11 is 0. The summed E-state index contributed by atoms with van der Waals surface area (Å²) in [4.78, 5) is 11.8. The topological polar surface area (TPSA) is 90.8 Å². The van der Waals surface area contributed by atoms with Crippen LogP contribution in [0.5, 0.6) is 5.75 Å². The summed E-state index contributed by atoms with van der Waals surface area (Å²) in [5, 5.41) is 21.8. The normalized spacial score (nSPS) is 30.1. The van der Waals surface area contributed by atoms with Gasteiger partial charge in [0.15, 0.2) is 0 Å². The number of rotatable bonds is 2. The number of aryl methyl sites for hydroxylation is 1. The highest BCUT2D eigenvalue weighted by molar-refractivity contribution is 5.69. The third-order valence-corrected chi connectivity index (χ3v) is 8.87. The van der Waals surface area contributed by atoms with Gasteiger partial charge in [0.2, 0.25) is 0 Å². The number of fused-ring (bicyclic) bond motifs is 5. The van der Waals surface area contributed by atoms with Crippen molar-refractivity contribution in [3.63, 3.8) is 0 Å². The Kier molecular flexibility index (Phi) is 6.40. The van der Waals surface area contributed by atoms with Crippen LogP contribution in [0.2, 0.25) is 0 Å². The van der Waals surface area contributed by atoms with Crippen LogP contribution in [0.25, 0.3) is 0 Å². The second kappa shape index (κ2) is 9.29. The van der Waals surface area contributed by atoms with E-state index in [0.717, 1.165) is 37.7 Å². The monoisotopic (exact) mass is 502 g/mol. The molecule has 0 heterocycles. The molecule has 196 valence electrons. The Morgan fingerprint density at radius 2 is 1.84 bits per heavy atom. The molecule has 2 aromatic rings. The van der Waals surface area contributed by atoms with Crippen LogP contribution in [0.4, 0.5) is 10.5 Å². The fourth-order valence-corrected chi connectivity index (χ4v) is 7.03. The van der Waals surface area contributed by atoms with E-state index in [0.29, 0.717) is 35.6 Å². The number of carbonyl (C=O) groups is 1. The van der Waals surface area contributed by atoms with Crippen LogP contribution in [-0.2, 0) is 11.2 Å². The lowest BCUT2D eigenvalue weighted by molar-refractivity contribution is -0.0647. The van der Waals surface area contributed by atoms with Gasteiger partial charge in [-0.25, -0.2) is 10.2 Å². The van der Waals surface area contributed by atoms with Crippen LogP contribution in [-0.4, -0.2) is 27.5 Å². The van der Waals surface area contributed by atoms with Crippen LogP contribution in [0.15, 0.2) is 42.5 Å². The van der Waals surface area contributed by atoms with Gasteiger partial charge in [-0.3, -0.25) is 5.43 Å². The molecule has 4 N–H and O–H groups in total. The van der Waals surface area contributed by atoms with Crippen LogP contribution in [0.3, 0.4) is 0 Å². The SMILES string of the molecule is CC(C)(C)OC(=O)NNc1ccc(C#C[C@]2(O)CC[C@H]3[C@@H]4CCc5cc(O)ccc5[C@H]4CC[C@@]32C)cc1. The van der Waals surface area contributed by atoms with Gasteiger partial charge in [0, 0.05) is 11.0 Å². The number of ether oxygens (including phenoxy) is 1. The molecular weight excluding hydrogens is 464 g/mol. The molecule has 0 unspecified atom stereocenters. The number of aliphatic hydroxyl groups is 1. The average Bonchev–Trinajstić information content (AvgIpc) is 3.11. The molecule has 0 aromatic heterocycles. The standard InChI is InChI=1S/C31H38N2O4/c1-29(2,3)37-28(35)33-32-22-8-5-20(6-9-22)13-17-31(36)18-15-27-26-11-7-21-19-23(34)10-12-24(21)25(26)14-16-30(27,31)4/h5-6,8-10,12,19,25-27,32,34,36H,7,11,14-16,18H2,1-4H3,(H,33,35)/t25-,26-,27+,30+,31+/m1/s1. The molecule has 37 heavy (non-hydrogen) atoms. The van der Waals surface area contributed by atoms with E-state index in [1.807, 2.05) is 57.2 Å². The zero-order valence-electron chi connectivity index (χ0n) is 22.2. The van der Waals surface area contributed by atoms with Crippen LogP contribution >= 0.6 is 0 Å². The van der Waals surface area contributed by atoms with Crippen molar-refractivity contribution in [2.75, 3.05) is 5.43 Å². The van der Waals surface area contributed by atoms with Crippen LogP contribution in [0, 0.1) is 29.1 Å². The summed E-state index contributed by atoms with van der Waals surface area (Å²) in [7, 11) is 0. The van der Waals surface area contributed by atoms with E-state index in [9.17, 15) is 15.0 Å². The van der Waals surface area contributed by atoms with Gasteiger partial charge in [-0.05, 0) is 125 Å². The first kappa shape index (κ1) is 25.5. The summed E-state index contributed by atoms with van der Waals surface area (Å²) in [5.41, 5.74) is 7.79. The van der Waals surface area contributed by atoms with E-state index in [1.165, 1.54) is 11.1 Å². The Labute approximate surface area is 219 Å². The van der Waals surface area contributed by atoms with Crippen LogP contribution < -0.4 is 10.9 Å². The van der Waals surface area contributed by atoms with Crippen molar-refractivity contribution in [3.05, 3.63) is 59.2 Å². The highest BCUT2D eigenvalue weighted by Crippen LogP contribution is 2.64. The van der Waals surface area contributed by atoms with Gasteiger partial charge in [0.1, 0.15) is 17.0 Å². The van der Waals surface area contributed by atoms with E-state index in [-0.39, 0.29) is 5.41 Å². The molecule has 3 aliphatic rings. The smallest absolute Gasteiger partial charge is 0.426 e. The van der Waals surface area contributed by atoms with Crippen LogP contribution in [0.1, 0.15) is 82.4 Å². The first-order valence-electron chi connectivity index (χ1n) is 13.4. The summed E-state index contributed by atoms with van der Waals surface area (Å²) in [6.07, 6.45) is 5.24. The molecule has 1 amide bonds. The highest BCUT2D eigenvalue weighted by atomic mass is 16.6. The number of benzene rings is 2. The zero-order valence-corrected chi connectivity index (χ0v) is 22.2. The lowest BCUT2D eigenvalue weighted by atomic mass is 9.53. The second-order valence-electron chi connectivity index (χ2n) is 12.2.